The molecule has 0 radical (unpaired) electrons. The van der Waals surface area contributed by atoms with Crippen molar-refractivity contribution in [1.29, 1.82) is 0 Å². The highest BCUT2D eigenvalue weighted by atomic mass is 16.5. The lowest BCUT2D eigenvalue weighted by Crippen LogP contribution is -2.32. The molecule has 0 aliphatic rings. The van der Waals surface area contributed by atoms with Crippen molar-refractivity contribution in [2.24, 2.45) is 0 Å². The number of ether oxygens (including phenoxy) is 1. The molecule has 234 valence electrons. The zero-order valence-electron chi connectivity index (χ0n) is 25.9. The standard InChI is InChI=1S/C38H42N2O5/c1-2-3-4-11-21-36(41)40(31-17-9-6-10-18-31)26-14-27-45-32-24-22-29(23-25-32)28-35(38(43)44)39-34-20-13-12-19-33(34)37(42)30-15-7-5-8-16-30/h5-10,12-13,15-20,22-25,35,39H,2-4,11,14,21,26-28H2,1H3,(H,43,44). The van der Waals surface area contributed by atoms with Gasteiger partial charge in [-0.15, -0.1) is 0 Å². The molecule has 0 saturated heterocycles. The highest BCUT2D eigenvalue weighted by molar-refractivity contribution is 6.12. The van der Waals surface area contributed by atoms with Crippen molar-refractivity contribution in [3.63, 3.8) is 0 Å². The van der Waals surface area contributed by atoms with E-state index in [1.165, 1.54) is 0 Å². The fraction of sp³-hybridized carbons (Fsp3) is 0.289. The number of benzene rings is 4. The topological polar surface area (TPSA) is 95.9 Å². The van der Waals surface area contributed by atoms with E-state index in [0.717, 1.165) is 36.9 Å². The number of carboxylic acids is 1. The van der Waals surface area contributed by atoms with Gasteiger partial charge in [0.2, 0.25) is 5.91 Å². The Bertz CT molecular complexity index is 1510. The minimum Gasteiger partial charge on any atom is -0.494 e. The second-order valence-electron chi connectivity index (χ2n) is 11.0. The molecule has 7 heteroatoms. The highest BCUT2D eigenvalue weighted by Crippen LogP contribution is 2.22. The first-order valence-corrected chi connectivity index (χ1v) is 15.7. The maximum absolute atomic E-state index is 13.1. The summed E-state index contributed by atoms with van der Waals surface area (Å²) < 4.78 is 5.96. The van der Waals surface area contributed by atoms with Crippen molar-refractivity contribution in [3.8, 4) is 5.75 Å². The molecule has 7 nitrogen and oxygen atoms in total. The third-order valence-electron chi connectivity index (χ3n) is 7.61. The third-order valence-corrected chi connectivity index (χ3v) is 7.61. The van der Waals surface area contributed by atoms with Crippen molar-refractivity contribution >= 4 is 29.0 Å². The summed E-state index contributed by atoms with van der Waals surface area (Å²) in [5.41, 5.74) is 3.15. The van der Waals surface area contributed by atoms with E-state index in [2.05, 4.69) is 12.2 Å². The maximum Gasteiger partial charge on any atom is 0.326 e. The summed E-state index contributed by atoms with van der Waals surface area (Å²) in [4.78, 5) is 40.2. The maximum atomic E-state index is 13.1. The van der Waals surface area contributed by atoms with E-state index in [1.54, 1.807) is 48.5 Å². The Balaban J connectivity index is 1.31. The minimum absolute atomic E-state index is 0.135. The van der Waals surface area contributed by atoms with Crippen LogP contribution in [0.3, 0.4) is 0 Å². The number of hydrogen-bond acceptors (Lipinski definition) is 5. The summed E-state index contributed by atoms with van der Waals surface area (Å²) in [6.45, 7) is 3.17. The minimum atomic E-state index is -1.01. The Morgan fingerprint density at radius 1 is 0.778 bits per heavy atom. The molecule has 0 aliphatic carbocycles. The molecule has 0 fully saturated rings. The first kappa shape index (κ1) is 33.0. The van der Waals surface area contributed by atoms with Crippen LogP contribution in [0.15, 0.2) is 109 Å². The molecule has 4 rings (SSSR count). The van der Waals surface area contributed by atoms with E-state index in [0.29, 0.717) is 48.6 Å². The van der Waals surface area contributed by atoms with Crippen LogP contribution in [0.4, 0.5) is 11.4 Å². The number of carbonyl (C=O) groups is 3. The molecule has 45 heavy (non-hydrogen) atoms. The molecule has 0 heterocycles. The van der Waals surface area contributed by atoms with Crippen molar-refractivity contribution < 1.29 is 24.2 Å². The van der Waals surface area contributed by atoms with Crippen molar-refractivity contribution in [2.75, 3.05) is 23.4 Å². The second kappa shape index (κ2) is 17.4. The molecule has 0 saturated carbocycles. The van der Waals surface area contributed by atoms with Gasteiger partial charge in [-0.3, -0.25) is 9.59 Å². The number of rotatable bonds is 18. The van der Waals surface area contributed by atoms with Gasteiger partial charge in [-0.05, 0) is 54.8 Å². The van der Waals surface area contributed by atoms with Gasteiger partial charge in [-0.1, -0.05) is 99.0 Å². The number of nitrogens with zero attached hydrogens (tertiary/aromatic N) is 1. The van der Waals surface area contributed by atoms with Crippen LogP contribution in [0.25, 0.3) is 0 Å². The number of nitrogens with one attached hydrogen (secondary N) is 1. The number of carbonyl (C=O) groups excluding carboxylic acids is 2. The molecular weight excluding hydrogens is 564 g/mol. The first-order valence-electron chi connectivity index (χ1n) is 15.7. The van der Waals surface area contributed by atoms with Gasteiger partial charge < -0.3 is 20.1 Å². The molecule has 0 aromatic heterocycles. The van der Waals surface area contributed by atoms with E-state index in [-0.39, 0.29) is 18.1 Å². The highest BCUT2D eigenvalue weighted by Gasteiger charge is 2.21. The number of amides is 1. The van der Waals surface area contributed by atoms with Crippen LogP contribution < -0.4 is 15.0 Å². The van der Waals surface area contributed by atoms with Crippen molar-refractivity contribution in [2.45, 2.75) is 57.9 Å². The summed E-state index contributed by atoms with van der Waals surface area (Å²) in [7, 11) is 0. The Kier molecular flexibility index (Phi) is 12.8. The third kappa shape index (κ3) is 10.1. The van der Waals surface area contributed by atoms with Gasteiger partial charge in [-0.25, -0.2) is 4.79 Å². The smallest absolute Gasteiger partial charge is 0.326 e. The van der Waals surface area contributed by atoms with E-state index in [9.17, 15) is 19.5 Å². The number of ketones is 1. The van der Waals surface area contributed by atoms with E-state index >= 15 is 0 Å². The van der Waals surface area contributed by atoms with Crippen LogP contribution in [-0.4, -0.2) is 42.0 Å². The predicted molar refractivity (Wildman–Crippen MR) is 179 cm³/mol. The zero-order chi connectivity index (χ0) is 31.9. The zero-order valence-corrected chi connectivity index (χ0v) is 25.9. The summed E-state index contributed by atoms with van der Waals surface area (Å²) in [6.07, 6.45) is 5.67. The van der Waals surface area contributed by atoms with Crippen LogP contribution in [-0.2, 0) is 16.0 Å². The number of unbranched alkanes of at least 4 members (excludes halogenated alkanes) is 3. The van der Waals surface area contributed by atoms with Crippen LogP contribution in [0.5, 0.6) is 5.75 Å². The molecule has 0 spiro atoms. The molecule has 0 bridgehead atoms. The Morgan fingerprint density at radius 3 is 2.13 bits per heavy atom. The van der Waals surface area contributed by atoms with Crippen LogP contribution in [0.1, 0.15) is 66.9 Å². The fourth-order valence-electron chi connectivity index (χ4n) is 5.15. The van der Waals surface area contributed by atoms with Crippen LogP contribution in [0.2, 0.25) is 0 Å². The van der Waals surface area contributed by atoms with Crippen molar-refractivity contribution in [1.82, 2.24) is 0 Å². The summed E-state index contributed by atoms with van der Waals surface area (Å²) >= 11 is 0. The van der Waals surface area contributed by atoms with E-state index < -0.39 is 12.0 Å². The summed E-state index contributed by atoms with van der Waals surface area (Å²) in [6, 6.07) is 32.1. The molecule has 4 aromatic rings. The monoisotopic (exact) mass is 606 g/mol. The largest absolute Gasteiger partial charge is 0.494 e. The Labute approximate surface area is 265 Å². The number of carboxylic acid groups (broad SMARTS) is 1. The molecule has 2 N–H and O–H groups in total. The lowest BCUT2D eigenvalue weighted by Gasteiger charge is -2.23. The van der Waals surface area contributed by atoms with Gasteiger partial charge in [0.25, 0.3) is 0 Å². The fourth-order valence-corrected chi connectivity index (χ4v) is 5.15. The SMILES string of the molecule is CCCCCCC(=O)N(CCCOc1ccc(CC(Nc2ccccc2C(=O)c2ccccc2)C(=O)O)cc1)c1ccccc1. The normalized spacial score (nSPS) is 11.4. The van der Waals surface area contributed by atoms with Crippen LogP contribution >= 0.6 is 0 Å². The van der Waals surface area contributed by atoms with Gasteiger partial charge in [-0.2, -0.15) is 0 Å². The molecule has 0 aliphatic heterocycles. The number of anilines is 2. The first-order chi connectivity index (χ1) is 22.0. The molecule has 1 amide bonds. The molecular formula is C38H42N2O5. The van der Waals surface area contributed by atoms with Gasteiger partial charge in [0.1, 0.15) is 11.8 Å². The van der Waals surface area contributed by atoms with Crippen LogP contribution in [0, 0.1) is 0 Å². The van der Waals surface area contributed by atoms with E-state index in [1.807, 2.05) is 65.6 Å². The summed E-state index contributed by atoms with van der Waals surface area (Å²) in [5, 5.41) is 13.0. The Morgan fingerprint density at radius 2 is 1.44 bits per heavy atom. The van der Waals surface area contributed by atoms with Gasteiger partial charge in [0.05, 0.1) is 6.61 Å². The second-order valence-corrected chi connectivity index (χ2v) is 11.0. The molecule has 1 atom stereocenters. The van der Waals surface area contributed by atoms with Gasteiger partial charge in [0.15, 0.2) is 5.78 Å². The quantitative estimate of drug-likeness (QED) is 0.0887. The lowest BCUT2D eigenvalue weighted by molar-refractivity contribution is -0.137. The number of hydrogen-bond donors (Lipinski definition) is 2. The molecule has 1 unspecified atom stereocenters. The average molecular weight is 607 g/mol. The van der Waals surface area contributed by atoms with Crippen molar-refractivity contribution in [3.05, 3.63) is 126 Å². The van der Waals surface area contributed by atoms with Gasteiger partial charge >= 0.3 is 5.97 Å². The summed E-state index contributed by atoms with van der Waals surface area (Å²) in [5.74, 6) is -0.377. The van der Waals surface area contributed by atoms with Gasteiger partial charge in [0, 0.05) is 41.9 Å². The molecule has 4 aromatic carbocycles. The lowest BCUT2D eigenvalue weighted by atomic mass is 10.00. The number of aliphatic carboxylic acids is 1. The Hall–Kier alpha value is -4.91. The van der Waals surface area contributed by atoms with E-state index in [4.69, 9.17) is 4.74 Å². The average Bonchev–Trinajstić information content (AvgIpc) is 3.07. The predicted octanol–water partition coefficient (Wildman–Crippen LogP) is 7.80. The number of para-hydroxylation sites is 2.